The van der Waals surface area contributed by atoms with Crippen molar-refractivity contribution in [2.45, 2.75) is 12.3 Å². The van der Waals surface area contributed by atoms with Crippen molar-refractivity contribution in [3.8, 4) is 0 Å². The average molecular weight is 389 g/mol. The number of carbonyl (C=O) groups is 1. The molecule has 1 fully saturated rings. The van der Waals surface area contributed by atoms with E-state index in [2.05, 4.69) is 22.4 Å². The molecule has 0 bridgehead atoms. The lowest BCUT2D eigenvalue weighted by Crippen LogP contribution is -2.34. The van der Waals surface area contributed by atoms with E-state index < -0.39 is 15.8 Å². The van der Waals surface area contributed by atoms with Crippen LogP contribution >= 0.6 is 11.3 Å². The minimum atomic E-state index is -3.06. The zero-order chi connectivity index (χ0) is 18.1. The van der Waals surface area contributed by atoms with E-state index >= 15 is 0 Å². The summed E-state index contributed by atoms with van der Waals surface area (Å²) in [5.41, 5.74) is 2.21. The second-order valence-electron chi connectivity index (χ2n) is 6.70. The highest BCUT2D eigenvalue weighted by atomic mass is 32.2. The van der Waals surface area contributed by atoms with Crippen LogP contribution in [0.25, 0.3) is 10.9 Å². The van der Waals surface area contributed by atoms with E-state index in [-0.39, 0.29) is 23.3 Å². The van der Waals surface area contributed by atoms with Crippen LogP contribution in [0, 0.1) is 5.92 Å². The Morgan fingerprint density at radius 2 is 2.12 bits per heavy atom. The normalized spacial score (nSPS) is 20.2. The summed E-state index contributed by atoms with van der Waals surface area (Å²) < 4.78 is 23.2. The third-order valence-corrected chi connectivity index (χ3v) is 7.72. The number of nitrogens with one attached hydrogen (secondary N) is 2. The Morgan fingerprint density at radius 1 is 1.27 bits per heavy atom. The number of carbonyl (C=O) groups excluding carboxylic acids is 1. The lowest BCUT2D eigenvalue weighted by molar-refractivity contribution is -0.124. The Hall–Kier alpha value is -2.12. The number of hydrogen-bond acceptors (Lipinski definition) is 4. The van der Waals surface area contributed by atoms with E-state index in [9.17, 15) is 13.2 Å². The van der Waals surface area contributed by atoms with Crippen molar-refractivity contribution in [2.24, 2.45) is 5.92 Å². The van der Waals surface area contributed by atoms with E-state index in [0.29, 0.717) is 13.0 Å². The second kappa shape index (κ2) is 6.89. The highest BCUT2D eigenvalue weighted by Crippen LogP contribution is 2.33. The largest absolute Gasteiger partial charge is 0.361 e. The molecule has 0 unspecified atom stereocenters. The minimum Gasteiger partial charge on any atom is -0.361 e. The number of para-hydroxylation sites is 1. The van der Waals surface area contributed by atoms with E-state index in [1.165, 1.54) is 4.88 Å². The maximum Gasteiger partial charge on any atom is 0.224 e. The van der Waals surface area contributed by atoms with Crippen molar-refractivity contribution in [1.82, 2.24) is 10.3 Å². The zero-order valence-corrected chi connectivity index (χ0v) is 15.8. The first-order valence-corrected chi connectivity index (χ1v) is 11.3. The standard InChI is InChI=1S/C19H20N2O3S2/c22-19(13-7-9-26(23,24)12-13)21-11-16(18-6-3-8-25-18)15-10-20-17-5-2-1-4-14(15)17/h1-6,8,10,13,16,20H,7,9,11-12H2,(H,21,22)/t13-,16-/m0/s1. The Balaban J connectivity index is 1.56. The van der Waals surface area contributed by atoms with E-state index in [0.717, 1.165) is 16.5 Å². The Labute approximate surface area is 156 Å². The van der Waals surface area contributed by atoms with Gasteiger partial charge in [-0.15, -0.1) is 11.3 Å². The van der Waals surface area contributed by atoms with Crippen LogP contribution in [0.15, 0.2) is 48.0 Å². The topological polar surface area (TPSA) is 79.0 Å². The first kappa shape index (κ1) is 17.3. The van der Waals surface area contributed by atoms with Crippen molar-refractivity contribution in [2.75, 3.05) is 18.1 Å². The van der Waals surface area contributed by atoms with Gasteiger partial charge in [0.05, 0.1) is 17.4 Å². The lowest BCUT2D eigenvalue weighted by atomic mass is 9.96. The fraction of sp³-hybridized carbons (Fsp3) is 0.316. The van der Waals surface area contributed by atoms with E-state index in [1.807, 2.05) is 35.8 Å². The monoisotopic (exact) mass is 388 g/mol. The van der Waals surface area contributed by atoms with Gasteiger partial charge in [-0.05, 0) is 29.5 Å². The summed E-state index contributed by atoms with van der Waals surface area (Å²) in [6.45, 7) is 0.456. The molecule has 26 heavy (non-hydrogen) atoms. The highest BCUT2D eigenvalue weighted by molar-refractivity contribution is 7.91. The van der Waals surface area contributed by atoms with Gasteiger partial charge in [-0.2, -0.15) is 0 Å². The number of H-pyrrole nitrogens is 1. The summed E-state index contributed by atoms with van der Waals surface area (Å²) in [4.78, 5) is 16.9. The molecule has 1 aliphatic rings. The number of hydrogen-bond donors (Lipinski definition) is 2. The number of amides is 1. The summed E-state index contributed by atoms with van der Waals surface area (Å²) in [6, 6.07) is 12.2. The second-order valence-corrected chi connectivity index (χ2v) is 9.91. The molecular formula is C19H20N2O3S2. The summed E-state index contributed by atoms with van der Waals surface area (Å²) in [5.74, 6) is -0.468. The highest BCUT2D eigenvalue weighted by Gasteiger charge is 2.33. The van der Waals surface area contributed by atoms with Gasteiger partial charge >= 0.3 is 0 Å². The van der Waals surface area contributed by atoms with Crippen LogP contribution in [-0.2, 0) is 14.6 Å². The predicted octanol–water partition coefficient (Wildman–Crippen LogP) is 2.91. The third-order valence-electron chi connectivity index (χ3n) is 4.97. The predicted molar refractivity (Wildman–Crippen MR) is 104 cm³/mol. The fourth-order valence-electron chi connectivity index (χ4n) is 3.58. The molecule has 3 aromatic rings. The first-order valence-electron chi connectivity index (χ1n) is 8.61. The molecule has 0 saturated carbocycles. The van der Waals surface area contributed by atoms with Crippen LogP contribution < -0.4 is 5.32 Å². The van der Waals surface area contributed by atoms with Crippen molar-refractivity contribution in [3.05, 3.63) is 58.4 Å². The van der Waals surface area contributed by atoms with Crippen LogP contribution in [0.4, 0.5) is 0 Å². The van der Waals surface area contributed by atoms with Gasteiger partial charge in [-0.25, -0.2) is 8.42 Å². The SMILES string of the molecule is O=C(NC[C@H](c1cccs1)c1c[nH]c2ccccc12)[C@H]1CCS(=O)(=O)C1. The molecule has 0 spiro atoms. The Morgan fingerprint density at radius 3 is 2.85 bits per heavy atom. The molecule has 5 nitrogen and oxygen atoms in total. The van der Waals surface area contributed by atoms with Gasteiger partial charge in [0.15, 0.2) is 9.84 Å². The summed E-state index contributed by atoms with van der Waals surface area (Å²) in [6.07, 6.45) is 2.42. The molecule has 136 valence electrons. The smallest absolute Gasteiger partial charge is 0.224 e. The number of rotatable bonds is 5. The Bertz CT molecular complexity index is 1020. The maximum absolute atomic E-state index is 12.5. The van der Waals surface area contributed by atoms with Gasteiger partial charge in [-0.3, -0.25) is 4.79 Å². The molecule has 1 amide bonds. The van der Waals surface area contributed by atoms with Crippen LogP contribution in [0.5, 0.6) is 0 Å². The molecule has 2 N–H and O–H groups in total. The van der Waals surface area contributed by atoms with Crippen LogP contribution in [0.2, 0.25) is 0 Å². The van der Waals surface area contributed by atoms with Crippen molar-refractivity contribution in [1.29, 1.82) is 0 Å². The van der Waals surface area contributed by atoms with Gasteiger partial charge in [0, 0.05) is 34.4 Å². The molecule has 2 aromatic heterocycles. The maximum atomic E-state index is 12.5. The molecule has 1 aromatic carbocycles. The number of sulfone groups is 1. The van der Waals surface area contributed by atoms with E-state index in [1.54, 1.807) is 11.3 Å². The van der Waals surface area contributed by atoms with Crippen LogP contribution in [0.3, 0.4) is 0 Å². The van der Waals surface area contributed by atoms with Gasteiger partial charge < -0.3 is 10.3 Å². The number of fused-ring (bicyclic) bond motifs is 1. The molecule has 0 radical (unpaired) electrons. The van der Waals surface area contributed by atoms with Crippen molar-refractivity contribution >= 4 is 38.0 Å². The number of aromatic amines is 1. The number of benzene rings is 1. The summed E-state index contributed by atoms with van der Waals surface area (Å²) >= 11 is 1.66. The zero-order valence-electron chi connectivity index (χ0n) is 14.1. The lowest BCUT2D eigenvalue weighted by Gasteiger charge is -2.18. The van der Waals surface area contributed by atoms with Crippen molar-refractivity contribution in [3.63, 3.8) is 0 Å². The quantitative estimate of drug-likeness (QED) is 0.705. The summed E-state index contributed by atoms with van der Waals surface area (Å²) in [5, 5.41) is 6.17. The van der Waals surface area contributed by atoms with Gasteiger partial charge in [0.2, 0.25) is 5.91 Å². The van der Waals surface area contributed by atoms with Crippen LogP contribution in [0.1, 0.15) is 22.8 Å². The van der Waals surface area contributed by atoms with Gasteiger partial charge in [0.1, 0.15) is 0 Å². The molecule has 7 heteroatoms. The Kier molecular flexibility index (Phi) is 4.58. The minimum absolute atomic E-state index is 0.0322. The number of aromatic nitrogens is 1. The molecule has 3 heterocycles. The molecule has 1 aliphatic heterocycles. The van der Waals surface area contributed by atoms with Gasteiger partial charge in [0.25, 0.3) is 0 Å². The van der Waals surface area contributed by atoms with E-state index in [4.69, 9.17) is 0 Å². The van der Waals surface area contributed by atoms with Gasteiger partial charge in [-0.1, -0.05) is 24.3 Å². The molecule has 0 aliphatic carbocycles. The molecule has 1 saturated heterocycles. The molecule has 2 atom stereocenters. The first-order chi connectivity index (χ1) is 12.5. The molecular weight excluding hydrogens is 368 g/mol. The third kappa shape index (κ3) is 3.41. The van der Waals surface area contributed by atoms with Crippen LogP contribution in [-0.4, -0.2) is 37.4 Å². The van der Waals surface area contributed by atoms with Crippen molar-refractivity contribution < 1.29 is 13.2 Å². The molecule has 4 rings (SSSR count). The average Bonchev–Trinajstić information content (AvgIpc) is 3.35. The number of thiophene rings is 1. The fourth-order valence-corrected chi connectivity index (χ4v) is 6.17. The summed E-state index contributed by atoms with van der Waals surface area (Å²) in [7, 11) is -3.06.